The van der Waals surface area contributed by atoms with Crippen molar-refractivity contribution < 1.29 is 4.39 Å². The van der Waals surface area contributed by atoms with Gasteiger partial charge in [0.05, 0.1) is 0 Å². The molecule has 2 N–H and O–H groups in total. The monoisotopic (exact) mass is 320 g/mol. The fourth-order valence-electron chi connectivity index (χ4n) is 3.16. The molecule has 0 saturated carbocycles. The van der Waals surface area contributed by atoms with Gasteiger partial charge >= 0.3 is 0 Å². The van der Waals surface area contributed by atoms with Gasteiger partial charge in [-0.2, -0.15) is 0 Å². The molecule has 2 atom stereocenters. The first-order valence-corrected chi connectivity index (χ1v) is 7.41. The van der Waals surface area contributed by atoms with E-state index >= 15 is 0 Å². The van der Waals surface area contributed by atoms with Crippen molar-refractivity contribution in [2.24, 2.45) is 5.73 Å². The molecule has 0 unspecified atom stereocenters. The van der Waals surface area contributed by atoms with Gasteiger partial charge in [0.1, 0.15) is 5.82 Å². The summed E-state index contributed by atoms with van der Waals surface area (Å²) in [5.74, 6) is 0.242. The number of hydrogen-bond donors (Lipinski definition) is 1. The van der Waals surface area contributed by atoms with E-state index in [0.29, 0.717) is 11.5 Å². The fraction of sp³-hybridized carbons (Fsp3) is 0.333. The van der Waals surface area contributed by atoms with E-state index in [2.05, 4.69) is 29.2 Å². The van der Waals surface area contributed by atoms with E-state index in [1.807, 2.05) is 18.2 Å². The second kappa shape index (κ2) is 7.23. The first kappa shape index (κ1) is 16.9. The molecule has 1 fully saturated rings. The lowest BCUT2D eigenvalue weighted by Crippen LogP contribution is -2.28. The molecule has 4 heteroatoms. The topological polar surface area (TPSA) is 29.3 Å². The van der Waals surface area contributed by atoms with Crippen LogP contribution >= 0.6 is 12.4 Å². The SMILES string of the molecule is Cc1cc(CN2C[C@@H](N)[C@H](c3ccccc3)C2)ccc1F.Cl. The summed E-state index contributed by atoms with van der Waals surface area (Å²) in [6.07, 6.45) is 0. The van der Waals surface area contributed by atoms with Crippen molar-refractivity contribution in [1.82, 2.24) is 4.90 Å². The van der Waals surface area contributed by atoms with Crippen LogP contribution in [0.15, 0.2) is 48.5 Å². The standard InChI is InChI=1S/C18H21FN2.ClH/c1-13-9-14(7-8-17(13)19)10-21-11-16(18(20)12-21)15-5-3-2-4-6-15;/h2-9,16,18H,10-12,20H2,1H3;1H/t16-,18+;/m0./s1. The highest BCUT2D eigenvalue weighted by atomic mass is 35.5. The zero-order valence-electron chi connectivity index (χ0n) is 12.7. The number of nitrogens with two attached hydrogens (primary N) is 1. The number of rotatable bonds is 3. The van der Waals surface area contributed by atoms with Crippen molar-refractivity contribution in [3.05, 3.63) is 71.0 Å². The van der Waals surface area contributed by atoms with Crippen LogP contribution in [0.2, 0.25) is 0 Å². The molecule has 2 nitrogen and oxygen atoms in total. The molecule has 0 amide bonds. The Hall–Kier alpha value is -1.42. The number of aryl methyl sites for hydroxylation is 1. The van der Waals surface area contributed by atoms with Crippen LogP contribution in [0.25, 0.3) is 0 Å². The number of likely N-dealkylation sites (tertiary alicyclic amines) is 1. The van der Waals surface area contributed by atoms with E-state index in [9.17, 15) is 4.39 Å². The Morgan fingerprint density at radius 3 is 2.55 bits per heavy atom. The van der Waals surface area contributed by atoms with Crippen molar-refractivity contribution in [3.8, 4) is 0 Å². The highest BCUT2D eigenvalue weighted by molar-refractivity contribution is 5.85. The lowest BCUT2D eigenvalue weighted by molar-refractivity contribution is 0.323. The summed E-state index contributed by atoms with van der Waals surface area (Å²) in [7, 11) is 0. The van der Waals surface area contributed by atoms with Crippen molar-refractivity contribution in [2.75, 3.05) is 13.1 Å². The van der Waals surface area contributed by atoms with Crippen LogP contribution in [0, 0.1) is 12.7 Å². The van der Waals surface area contributed by atoms with Crippen molar-refractivity contribution in [2.45, 2.75) is 25.4 Å². The van der Waals surface area contributed by atoms with Gasteiger partial charge in [-0.15, -0.1) is 12.4 Å². The van der Waals surface area contributed by atoms with E-state index in [1.54, 1.807) is 13.0 Å². The Bertz CT molecular complexity index is 618. The summed E-state index contributed by atoms with van der Waals surface area (Å²) in [5.41, 5.74) is 9.47. The van der Waals surface area contributed by atoms with Crippen LogP contribution in [0.1, 0.15) is 22.6 Å². The Morgan fingerprint density at radius 2 is 1.86 bits per heavy atom. The van der Waals surface area contributed by atoms with Gasteiger partial charge in [0.15, 0.2) is 0 Å². The van der Waals surface area contributed by atoms with Gasteiger partial charge in [0.2, 0.25) is 0 Å². The Kier molecular flexibility index (Phi) is 5.57. The summed E-state index contributed by atoms with van der Waals surface area (Å²) >= 11 is 0. The third-order valence-corrected chi connectivity index (χ3v) is 4.30. The van der Waals surface area contributed by atoms with Crippen LogP contribution < -0.4 is 5.73 Å². The summed E-state index contributed by atoms with van der Waals surface area (Å²) in [6.45, 7) is 4.48. The largest absolute Gasteiger partial charge is 0.326 e. The normalized spacial score (nSPS) is 21.6. The van der Waals surface area contributed by atoms with Gasteiger partial charge in [-0.05, 0) is 29.7 Å². The minimum Gasteiger partial charge on any atom is -0.326 e. The highest BCUT2D eigenvalue weighted by Gasteiger charge is 2.30. The minimum atomic E-state index is -0.140. The highest BCUT2D eigenvalue weighted by Crippen LogP contribution is 2.27. The maximum absolute atomic E-state index is 13.3. The molecule has 22 heavy (non-hydrogen) atoms. The molecule has 1 saturated heterocycles. The van der Waals surface area contributed by atoms with Crippen LogP contribution in [-0.2, 0) is 6.54 Å². The molecular formula is C18H22ClFN2. The summed E-state index contributed by atoms with van der Waals surface area (Å²) in [6, 6.07) is 16.0. The maximum atomic E-state index is 13.3. The van der Waals surface area contributed by atoms with E-state index in [1.165, 1.54) is 5.56 Å². The third kappa shape index (κ3) is 3.67. The molecule has 118 valence electrons. The zero-order valence-corrected chi connectivity index (χ0v) is 13.5. The van der Waals surface area contributed by atoms with Gasteiger partial charge in [-0.25, -0.2) is 4.39 Å². The van der Waals surface area contributed by atoms with Crippen molar-refractivity contribution in [3.63, 3.8) is 0 Å². The quantitative estimate of drug-likeness (QED) is 0.938. The molecule has 0 radical (unpaired) electrons. The van der Waals surface area contributed by atoms with E-state index in [-0.39, 0.29) is 24.3 Å². The molecule has 3 rings (SSSR count). The van der Waals surface area contributed by atoms with Gasteiger partial charge in [-0.3, -0.25) is 4.90 Å². The predicted octanol–water partition coefficient (Wildman–Crippen LogP) is 3.48. The number of benzene rings is 2. The average Bonchev–Trinajstić information content (AvgIpc) is 2.84. The van der Waals surface area contributed by atoms with Crippen molar-refractivity contribution in [1.29, 1.82) is 0 Å². The second-order valence-electron chi connectivity index (χ2n) is 5.96. The second-order valence-corrected chi connectivity index (χ2v) is 5.96. The zero-order chi connectivity index (χ0) is 14.8. The maximum Gasteiger partial charge on any atom is 0.126 e. The first-order chi connectivity index (χ1) is 10.1. The number of nitrogens with zero attached hydrogens (tertiary/aromatic N) is 1. The predicted molar refractivity (Wildman–Crippen MR) is 90.8 cm³/mol. The van der Waals surface area contributed by atoms with Gasteiger partial charge in [0, 0.05) is 31.6 Å². The average molecular weight is 321 g/mol. The lowest BCUT2D eigenvalue weighted by atomic mass is 9.95. The Labute approximate surface area is 137 Å². The first-order valence-electron chi connectivity index (χ1n) is 7.41. The summed E-state index contributed by atoms with van der Waals surface area (Å²) in [5, 5.41) is 0. The molecule has 2 aromatic rings. The smallest absolute Gasteiger partial charge is 0.126 e. The molecule has 0 aliphatic carbocycles. The summed E-state index contributed by atoms with van der Waals surface area (Å²) in [4.78, 5) is 2.36. The molecule has 1 heterocycles. The third-order valence-electron chi connectivity index (χ3n) is 4.30. The van der Waals surface area contributed by atoms with Crippen molar-refractivity contribution >= 4 is 12.4 Å². The fourth-order valence-corrected chi connectivity index (χ4v) is 3.16. The van der Waals surface area contributed by atoms with Crippen LogP contribution in [-0.4, -0.2) is 24.0 Å². The Balaban J connectivity index is 0.00000176. The Morgan fingerprint density at radius 1 is 1.14 bits per heavy atom. The molecular weight excluding hydrogens is 299 g/mol. The molecule has 2 aromatic carbocycles. The number of halogens is 2. The molecule has 0 bridgehead atoms. The van der Waals surface area contributed by atoms with E-state index in [4.69, 9.17) is 5.73 Å². The molecule has 0 spiro atoms. The van der Waals surface area contributed by atoms with E-state index in [0.717, 1.165) is 25.2 Å². The summed E-state index contributed by atoms with van der Waals surface area (Å²) < 4.78 is 13.3. The number of hydrogen-bond acceptors (Lipinski definition) is 2. The molecule has 1 aliphatic rings. The van der Waals surface area contributed by atoms with Crippen LogP contribution in [0.5, 0.6) is 0 Å². The van der Waals surface area contributed by atoms with Crippen LogP contribution in [0.4, 0.5) is 4.39 Å². The van der Waals surface area contributed by atoms with E-state index < -0.39 is 0 Å². The van der Waals surface area contributed by atoms with Gasteiger partial charge < -0.3 is 5.73 Å². The molecule has 1 aliphatic heterocycles. The van der Waals surface area contributed by atoms with Crippen LogP contribution in [0.3, 0.4) is 0 Å². The molecule has 0 aromatic heterocycles. The minimum absolute atomic E-state index is 0. The van der Waals surface area contributed by atoms with Gasteiger partial charge in [0.25, 0.3) is 0 Å². The van der Waals surface area contributed by atoms with Gasteiger partial charge in [-0.1, -0.05) is 42.5 Å². The lowest BCUT2D eigenvalue weighted by Gasteiger charge is -2.16.